The number of benzene rings is 1. The maximum Gasteiger partial charge on any atom is 0.251 e. The Morgan fingerprint density at radius 3 is 2.63 bits per heavy atom. The number of aryl methyl sites for hydroxylation is 2. The van der Waals surface area contributed by atoms with Gasteiger partial charge < -0.3 is 19.6 Å². The molecule has 0 spiro atoms. The van der Waals surface area contributed by atoms with Gasteiger partial charge in [-0.1, -0.05) is 17.3 Å². The van der Waals surface area contributed by atoms with Gasteiger partial charge in [-0.05, 0) is 43.7 Å². The number of rotatable bonds is 7. The first-order chi connectivity index (χ1) is 13.0. The van der Waals surface area contributed by atoms with E-state index < -0.39 is 0 Å². The Morgan fingerprint density at radius 1 is 1.07 bits per heavy atom. The third-order valence-electron chi connectivity index (χ3n) is 4.20. The van der Waals surface area contributed by atoms with Gasteiger partial charge in [-0.3, -0.25) is 9.59 Å². The summed E-state index contributed by atoms with van der Waals surface area (Å²) in [4.78, 5) is 24.4. The predicted octanol–water partition coefficient (Wildman–Crippen LogP) is 2.67. The molecule has 2 aromatic heterocycles. The van der Waals surface area contributed by atoms with Gasteiger partial charge in [0.1, 0.15) is 11.5 Å². The molecule has 27 heavy (non-hydrogen) atoms. The second-order valence-electron chi connectivity index (χ2n) is 6.22. The predicted molar refractivity (Wildman–Crippen MR) is 97.8 cm³/mol. The van der Waals surface area contributed by atoms with Gasteiger partial charge in [-0.2, -0.15) is 0 Å². The van der Waals surface area contributed by atoms with Crippen LogP contribution in [-0.4, -0.2) is 17.0 Å². The molecule has 0 radical (unpaired) electrons. The molecule has 140 valence electrons. The minimum Gasteiger partial charge on any atom is -0.467 e. The summed E-state index contributed by atoms with van der Waals surface area (Å²) < 4.78 is 10.3. The van der Waals surface area contributed by atoms with Crippen molar-refractivity contribution in [1.82, 2.24) is 15.8 Å². The molecule has 3 rings (SSSR count). The molecular formula is C20H21N3O4. The lowest BCUT2D eigenvalue weighted by molar-refractivity contribution is -0.120. The average molecular weight is 367 g/mol. The number of nitrogens with one attached hydrogen (secondary N) is 2. The molecule has 0 atom stereocenters. The van der Waals surface area contributed by atoms with Crippen LogP contribution in [0.1, 0.15) is 38.7 Å². The molecule has 0 saturated carbocycles. The maximum absolute atomic E-state index is 12.3. The van der Waals surface area contributed by atoms with Crippen molar-refractivity contribution in [2.45, 2.75) is 33.4 Å². The maximum atomic E-state index is 12.3. The summed E-state index contributed by atoms with van der Waals surface area (Å²) in [5.41, 5.74) is 2.89. The van der Waals surface area contributed by atoms with Crippen LogP contribution in [-0.2, 0) is 24.3 Å². The quantitative estimate of drug-likeness (QED) is 0.669. The van der Waals surface area contributed by atoms with E-state index in [1.54, 1.807) is 43.5 Å². The van der Waals surface area contributed by atoms with E-state index in [1.165, 1.54) is 0 Å². The Balaban J connectivity index is 1.54. The zero-order valence-corrected chi connectivity index (χ0v) is 15.2. The number of amides is 2. The molecule has 7 nitrogen and oxygen atoms in total. The zero-order valence-electron chi connectivity index (χ0n) is 15.2. The molecule has 1 aromatic carbocycles. The van der Waals surface area contributed by atoms with Gasteiger partial charge in [0.2, 0.25) is 5.91 Å². The first kappa shape index (κ1) is 18.4. The number of nitrogens with zero attached hydrogens (tertiary/aromatic N) is 1. The minimum absolute atomic E-state index is 0.128. The summed E-state index contributed by atoms with van der Waals surface area (Å²) >= 11 is 0. The van der Waals surface area contributed by atoms with E-state index >= 15 is 0 Å². The first-order valence-corrected chi connectivity index (χ1v) is 8.61. The number of aromatic nitrogens is 1. The van der Waals surface area contributed by atoms with Crippen LogP contribution < -0.4 is 10.6 Å². The Bertz CT molecular complexity index is 909. The third-order valence-corrected chi connectivity index (χ3v) is 4.20. The molecule has 0 unspecified atom stereocenters. The van der Waals surface area contributed by atoms with Gasteiger partial charge >= 0.3 is 0 Å². The summed E-state index contributed by atoms with van der Waals surface area (Å²) in [5, 5.41) is 9.50. The highest BCUT2D eigenvalue weighted by atomic mass is 16.5. The van der Waals surface area contributed by atoms with Crippen LogP contribution in [0.25, 0.3) is 0 Å². The molecule has 7 heteroatoms. The monoisotopic (exact) mass is 367 g/mol. The highest BCUT2D eigenvalue weighted by molar-refractivity contribution is 5.94. The van der Waals surface area contributed by atoms with E-state index in [2.05, 4.69) is 15.8 Å². The van der Waals surface area contributed by atoms with Crippen LogP contribution in [0.3, 0.4) is 0 Å². The van der Waals surface area contributed by atoms with E-state index in [-0.39, 0.29) is 18.2 Å². The lowest BCUT2D eigenvalue weighted by Gasteiger charge is -2.08. The van der Waals surface area contributed by atoms with Gasteiger partial charge in [-0.25, -0.2) is 0 Å². The van der Waals surface area contributed by atoms with Crippen molar-refractivity contribution in [3.63, 3.8) is 0 Å². The second kappa shape index (κ2) is 8.35. The van der Waals surface area contributed by atoms with E-state index in [0.717, 1.165) is 16.8 Å². The minimum atomic E-state index is -0.199. The van der Waals surface area contributed by atoms with E-state index in [0.29, 0.717) is 30.2 Å². The van der Waals surface area contributed by atoms with Crippen molar-refractivity contribution in [1.29, 1.82) is 0 Å². The summed E-state index contributed by atoms with van der Waals surface area (Å²) in [5.74, 6) is 1.01. The number of hydrogen-bond donors (Lipinski definition) is 2. The molecule has 0 bridgehead atoms. The molecule has 0 fully saturated rings. The zero-order chi connectivity index (χ0) is 19.2. The Hall–Kier alpha value is -3.35. The van der Waals surface area contributed by atoms with Gasteiger partial charge in [0.05, 0.1) is 24.9 Å². The van der Waals surface area contributed by atoms with Crippen molar-refractivity contribution >= 4 is 11.8 Å². The molecule has 2 N–H and O–H groups in total. The van der Waals surface area contributed by atoms with Gasteiger partial charge in [0.15, 0.2) is 0 Å². The molecule has 2 heterocycles. The van der Waals surface area contributed by atoms with Crippen LogP contribution in [0, 0.1) is 13.8 Å². The summed E-state index contributed by atoms with van der Waals surface area (Å²) in [6.07, 6.45) is 1.78. The van der Waals surface area contributed by atoms with Crippen LogP contribution in [0.5, 0.6) is 0 Å². The van der Waals surface area contributed by atoms with Crippen LogP contribution in [0.15, 0.2) is 51.6 Å². The fraction of sp³-hybridized carbons (Fsp3) is 0.250. The van der Waals surface area contributed by atoms with Gasteiger partial charge in [0, 0.05) is 17.7 Å². The topological polar surface area (TPSA) is 97.4 Å². The lowest BCUT2D eigenvalue weighted by Crippen LogP contribution is -2.25. The Morgan fingerprint density at radius 2 is 1.93 bits per heavy atom. The lowest BCUT2D eigenvalue weighted by atomic mass is 10.1. The highest BCUT2D eigenvalue weighted by Gasteiger charge is 2.13. The van der Waals surface area contributed by atoms with Crippen molar-refractivity contribution in [3.05, 3.63) is 76.6 Å². The van der Waals surface area contributed by atoms with Crippen molar-refractivity contribution in [3.8, 4) is 0 Å². The fourth-order valence-electron chi connectivity index (χ4n) is 2.68. The van der Waals surface area contributed by atoms with E-state index in [9.17, 15) is 9.59 Å². The van der Waals surface area contributed by atoms with E-state index in [1.807, 2.05) is 13.0 Å². The number of furan rings is 1. The second-order valence-corrected chi connectivity index (χ2v) is 6.22. The summed E-state index contributed by atoms with van der Waals surface area (Å²) in [6.45, 7) is 4.25. The SMILES string of the molecule is Cc1noc(C)c1CC(=O)NCc1cccc(C(=O)NCc2ccco2)c1. The van der Waals surface area contributed by atoms with Crippen molar-refractivity contribution in [2.75, 3.05) is 0 Å². The van der Waals surface area contributed by atoms with Crippen LogP contribution >= 0.6 is 0 Å². The average Bonchev–Trinajstić information content (AvgIpc) is 3.30. The molecule has 3 aromatic rings. The van der Waals surface area contributed by atoms with Crippen molar-refractivity contribution in [2.24, 2.45) is 0 Å². The van der Waals surface area contributed by atoms with Crippen LogP contribution in [0.4, 0.5) is 0 Å². The van der Waals surface area contributed by atoms with Gasteiger partial charge in [0.25, 0.3) is 5.91 Å². The normalized spacial score (nSPS) is 10.6. The third kappa shape index (κ3) is 4.84. The molecule has 0 aliphatic rings. The number of carbonyl (C=O) groups is 2. The summed E-state index contributed by atoms with van der Waals surface area (Å²) in [6, 6.07) is 10.7. The van der Waals surface area contributed by atoms with Gasteiger partial charge in [-0.15, -0.1) is 0 Å². The van der Waals surface area contributed by atoms with E-state index in [4.69, 9.17) is 8.94 Å². The van der Waals surface area contributed by atoms with Crippen molar-refractivity contribution < 1.29 is 18.5 Å². The highest BCUT2D eigenvalue weighted by Crippen LogP contribution is 2.13. The standard InChI is InChI=1S/C20H21N3O4/c1-13-18(14(2)27-23-13)10-19(24)21-11-15-5-3-6-16(9-15)20(25)22-12-17-7-4-8-26-17/h3-9H,10-12H2,1-2H3,(H,21,24)(H,22,25). The first-order valence-electron chi connectivity index (χ1n) is 8.61. The molecule has 0 aliphatic heterocycles. The summed E-state index contributed by atoms with van der Waals surface area (Å²) in [7, 11) is 0. The fourth-order valence-corrected chi connectivity index (χ4v) is 2.68. The Kier molecular flexibility index (Phi) is 5.71. The number of hydrogen-bond acceptors (Lipinski definition) is 5. The molecule has 0 saturated heterocycles. The number of carbonyl (C=O) groups excluding carboxylic acids is 2. The largest absolute Gasteiger partial charge is 0.467 e. The Labute approximate surface area is 156 Å². The molecule has 0 aliphatic carbocycles. The molecular weight excluding hydrogens is 346 g/mol. The molecule has 2 amide bonds. The van der Waals surface area contributed by atoms with Crippen LogP contribution in [0.2, 0.25) is 0 Å². The smallest absolute Gasteiger partial charge is 0.251 e.